The first-order valence-electron chi connectivity index (χ1n) is 8.40. The third-order valence-electron chi connectivity index (χ3n) is 4.61. The Morgan fingerprint density at radius 2 is 2.17 bits per heavy atom. The van der Waals surface area contributed by atoms with Crippen molar-refractivity contribution < 1.29 is 4.74 Å². The zero-order valence-corrected chi connectivity index (χ0v) is 14.5. The quantitative estimate of drug-likeness (QED) is 0.793. The maximum Gasteiger partial charge on any atom is 0.266 e. The summed E-state index contributed by atoms with van der Waals surface area (Å²) in [6.07, 6.45) is 4.52. The molecule has 1 saturated heterocycles. The van der Waals surface area contributed by atoms with Gasteiger partial charge in [0.2, 0.25) is 5.13 Å². The molecule has 128 valence electrons. The summed E-state index contributed by atoms with van der Waals surface area (Å²) in [7, 11) is 1.66. The third-order valence-corrected chi connectivity index (χ3v) is 5.55. The molecule has 7 nitrogen and oxygen atoms in total. The lowest BCUT2D eigenvalue weighted by Crippen LogP contribution is -2.37. The normalized spacial score (nSPS) is 20.7. The highest BCUT2D eigenvalue weighted by Gasteiger charge is 2.29. The number of hydrogen-bond donors (Lipinski definition) is 0. The summed E-state index contributed by atoms with van der Waals surface area (Å²) in [5.41, 5.74) is 1.03. The molecule has 24 heavy (non-hydrogen) atoms. The highest BCUT2D eigenvalue weighted by molar-refractivity contribution is 7.15. The number of hydrogen-bond acceptors (Lipinski definition) is 7. The van der Waals surface area contributed by atoms with Gasteiger partial charge in [-0.3, -0.25) is 4.79 Å². The van der Waals surface area contributed by atoms with Crippen molar-refractivity contribution in [3.8, 4) is 0 Å². The minimum absolute atomic E-state index is 0.0245. The number of aromatic nitrogens is 4. The Hall–Kier alpha value is -1.80. The van der Waals surface area contributed by atoms with Gasteiger partial charge < -0.3 is 9.64 Å². The maximum absolute atomic E-state index is 12.2. The second-order valence-electron chi connectivity index (χ2n) is 6.45. The summed E-state index contributed by atoms with van der Waals surface area (Å²) in [4.78, 5) is 14.4. The van der Waals surface area contributed by atoms with E-state index in [9.17, 15) is 4.79 Å². The summed E-state index contributed by atoms with van der Waals surface area (Å²) in [6, 6.07) is 3.78. The molecule has 1 aliphatic heterocycles. The van der Waals surface area contributed by atoms with E-state index in [1.54, 1.807) is 29.2 Å². The summed E-state index contributed by atoms with van der Waals surface area (Å²) >= 11 is 1.56. The van der Waals surface area contributed by atoms with Crippen LogP contribution in [0.5, 0.6) is 0 Å². The molecule has 3 heterocycles. The second-order valence-corrected chi connectivity index (χ2v) is 7.49. The highest BCUT2D eigenvalue weighted by Crippen LogP contribution is 2.38. The molecule has 2 aromatic heterocycles. The molecule has 2 aromatic rings. The van der Waals surface area contributed by atoms with Gasteiger partial charge in [-0.15, -0.1) is 10.2 Å². The van der Waals surface area contributed by atoms with Crippen molar-refractivity contribution in [1.82, 2.24) is 20.0 Å². The van der Waals surface area contributed by atoms with E-state index in [2.05, 4.69) is 20.2 Å². The molecule has 0 bridgehead atoms. The fourth-order valence-corrected chi connectivity index (χ4v) is 4.12. The molecule has 1 unspecified atom stereocenters. The van der Waals surface area contributed by atoms with E-state index in [0.29, 0.717) is 19.1 Å². The van der Waals surface area contributed by atoms with Gasteiger partial charge >= 0.3 is 0 Å². The average molecular weight is 347 g/mol. The predicted molar refractivity (Wildman–Crippen MR) is 91.5 cm³/mol. The summed E-state index contributed by atoms with van der Waals surface area (Å²) < 4.78 is 6.75. The Morgan fingerprint density at radius 1 is 1.29 bits per heavy atom. The van der Waals surface area contributed by atoms with Crippen LogP contribution in [0.25, 0.3) is 0 Å². The van der Waals surface area contributed by atoms with Crippen LogP contribution in [-0.2, 0) is 17.9 Å². The number of anilines is 1. The van der Waals surface area contributed by atoms with Crippen LogP contribution in [0.2, 0.25) is 0 Å². The Morgan fingerprint density at radius 3 is 2.96 bits per heavy atom. The lowest BCUT2D eigenvalue weighted by atomic mass is 10.2. The summed E-state index contributed by atoms with van der Waals surface area (Å²) in [5, 5.41) is 14.8. The van der Waals surface area contributed by atoms with E-state index >= 15 is 0 Å². The lowest BCUT2D eigenvalue weighted by molar-refractivity contribution is 0.184. The van der Waals surface area contributed by atoms with Gasteiger partial charge in [0.15, 0.2) is 0 Å². The first-order valence-corrected chi connectivity index (χ1v) is 9.22. The average Bonchev–Trinajstić information content (AvgIpc) is 3.15. The van der Waals surface area contributed by atoms with Crippen LogP contribution in [0.1, 0.15) is 42.3 Å². The highest BCUT2D eigenvalue weighted by atomic mass is 32.1. The fraction of sp³-hybridized carbons (Fsp3) is 0.625. The van der Waals surface area contributed by atoms with Gasteiger partial charge in [0.05, 0.1) is 18.3 Å². The lowest BCUT2D eigenvalue weighted by Gasteiger charge is -2.23. The molecule has 1 atom stereocenters. The number of methoxy groups -OCH3 is 1. The Bertz CT molecular complexity index is 770. The van der Waals surface area contributed by atoms with Crippen molar-refractivity contribution in [3.63, 3.8) is 0 Å². The van der Waals surface area contributed by atoms with Crippen molar-refractivity contribution >= 4 is 16.5 Å². The molecule has 1 aliphatic carbocycles. The van der Waals surface area contributed by atoms with Gasteiger partial charge in [-0.25, -0.2) is 4.68 Å². The Balaban J connectivity index is 1.52. The Kier molecular flexibility index (Phi) is 4.32. The van der Waals surface area contributed by atoms with Crippen LogP contribution >= 0.6 is 11.3 Å². The van der Waals surface area contributed by atoms with Gasteiger partial charge in [-0.1, -0.05) is 11.3 Å². The molecule has 0 N–H and O–H groups in total. The molecule has 4 rings (SSSR count). The van der Waals surface area contributed by atoms with Gasteiger partial charge in [0.25, 0.3) is 5.56 Å². The smallest absolute Gasteiger partial charge is 0.266 e. The van der Waals surface area contributed by atoms with Gasteiger partial charge in [0, 0.05) is 25.6 Å². The molecule has 0 radical (unpaired) electrons. The van der Waals surface area contributed by atoms with Gasteiger partial charge in [-0.05, 0) is 31.7 Å². The maximum atomic E-state index is 12.2. The first-order chi connectivity index (χ1) is 11.7. The van der Waals surface area contributed by atoms with Crippen LogP contribution in [0.4, 0.5) is 5.13 Å². The van der Waals surface area contributed by atoms with Crippen molar-refractivity contribution in [2.24, 2.45) is 0 Å². The van der Waals surface area contributed by atoms with Crippen LogP contribution in [-0.4, -0.2) is 39.7 Å². The van der Waals surface area contributed by atoms with E-state index < -0.39 is 0 Å². The van der Waals surface area contributed by atoms with Crippen LogP contribution in [0, 0.1) is 0 Å². The van der Waals surface area contributed by atoms with Crippen molar-refractivity contribution in [1.29, 1.82) is 0 Å². The molecule has 2 aliphatic rings. The molecule has 0 spiro atoms. The molecule has 8 heteroatoms. The van der Waals surface area contributed by atoms with Crippen molar-refractivity contribution in [2.45, 2.75) is 50.8 Å². The van der Waals surface area contributed by atoms with E-state index in [4.69, 9.17) is 4.74 Å². The van der Waals surface area contributed by atoms with E-state index in [1.165, 1.54) is 12.8 Å². The summed E-state index contributed by atoms with van der Waals surface area (Å²) in [5.74, 6) is 0.552. The molecule has 1 saturated carbocycles. The molecular formula is C16H21N5O2S. The van der Waals surface area contributed by atoms with Crippen molar-refractivity contribution in [3.05, 3.63) is 33.2 Å². The predicted octanol–water partition coefficient (Wildman–Crippen LogP) is 1.79. The zero-order chi connectivity index (χ0) is 16.5. The van der Waals surface area contributed by atoms with Crippen molar-refractivity contribution in [2.75, 3.05) is 18.6 Å². The number of rotatable bonds is 6. The third kappa shape index (κ3) is 3.21. The van der Waals surface area contributed by atoms with E-state index in [0.717, 1.165) is 35.2 Å². The SMILES string of the molecule is COCc1nnc(N2CCCC2Cn2nc(C3CC3)ccc2=O)s1. The van der Waals surface area contributed by atoms with Gasteiger partial charge in [0.1, 0.15) is 11.6 Å². The molecule has 0 aromatic carbocycles. The van der Waals surface area contributed by atoms with E-state index in [-0.39, 0.29) is 11.6 Å². The minimum atomic E-state index is -0.0245. The Labute approximate surface area is 144 Å². The van der Waals surface area contributed by atoms with Crippen LogP contribution in [0.15, 0.2) is 16.9 Å². The topological polar surface area (TPSA) is 73.1 Å². The van der Waals surface area contributed by atoms with Gasteiger partial charge in [-0.2, -0.15) is 5.10 Å². The number of nitrogens with zero attached hydrogens (tertiary/aromatic N) is 5. The zero-order valence-electron chi connectivity index (χ0n) is 13.7. The van der Waals surface area contributed by atoms with Crippen LogP contribution in [0.3, 0.4) is 0 Å². The monoisotopic (exact) mass is 347 g/mol. The van der Waals surface area contributed by atoms with E-state index in [1.807, 2.05) is 6.07 Å². The molecule has 0 amide bonds. The standard InChI is InChI=1S/C16H21N5O2S/c1-23-10-14-17-18-16(24-14)20-8-2-3-12(20)9-21-15(22)7-6-13(19-21)11-4-5-11/h6-7,11-12H,2-5,8-10H2,1H3. The molecular weight excluding hydrogens is 326 g/mol. The van der Waals surface area contributed by atoms with Crippen LogP contribution < -0.4 is 10.5 Å². The minimum Gasteiger partial charge on any atom is -0.377 e. The summed E-state index contributed by atoms with van der Waals surface area (Å²) in [6.45, 7) is 2.04. The number of ether oxygens (including phenoxy) is 1. The second kappa shape index (κ2) is 6.60. The fourth-order valence-electron chi connectivity index (χ4n) is 3.21. The molecule has 2 fully saturated rings. The first kappa shape index (κ1) is 15.7. The largest absolute Gasteiger partial charge is 0.377 e.